The zero-order valence-corrected chi connectivity index (χ0v) is 17.6. The number of halogens is 4. The van der Waals surface area contributed by atoms with Crippen molar-refractivity contribution in [1.29, 1.82) is 0 Å². The minimum atomic E-state index is -4.20. The number of benzene rings is 1. The second-order valence-corrected chi connectivity index (χ2v) is 9.52. The smallest absolute Gasteiger partial charge is 0.330 e. The third kappa shape index (κ3) is 4.66. The van der Waals surface area contributed by atoms with Crippen molar-refractivity contribution in [2.45, 2.75) is 57.5 Å². The first-order chi connectivity index (χ1) is 14.7. The van der Waals surface area contributed by atoms with Crippen LogP contribution in [0.3, 0.4) is 0 Å². The van der Waals surface area contributed by atoms with E-state index in [0.29, 0.717) is 34.6 Å². The fourth-order valence-corrected chi connectivity index (χ4v) is 6.14. The van der Waals surface area contributed by atoms with Gasteiger partial charge in [0.25, 0.3) is 0 Å². The molecule has 0 radical (unpaired) electrons. The van der Waals surface area contributed by atoms with Crippen molar-refractivity contribution >= 4 is 11.9 Å². The van der Waals surface area contributed by atoms with Gasteiger partial charge in [-0.25, -0.2) is 8.78 Å². The van der Waals surface area contributed by atoms with Crippen LogP contribution in [0.4, 0.5) is 17.6 Å². The first kappa shape index (κ1) is 22.3. The SMILES string of the molecule is COc1ccc(/C=C/C(=O)C23CC4CC(CC(C4)C2)C3)cc1COCC(F)(F)C(F)F. The fraction of sp³-hybridized carbons (Fsp3) is 0.625. The molecule has 0 spiro atoms. The monoisotopic (exact) mass is 440 g/mol. The molecule has 4 aliphatic rings. The highest BCUT2D eigenvalue weighted by molar-refractivity contribution is 5.98. The molecule has 0 heterocycles. The van der Waals surface area contributed by atoms with E-state index in [4.69, 9.17) is 9.47 Å². The summed E-state index contributed by atoms with van der Waals surface area (Å²) in [6.45, 7) is -1.67. The van der Waals surface area contributed by atoms with Crippen LogP contribution in [0.25, 0.3) is 6.08 Å². The van der Waals surface area contributed by atoms with Gasteiger partial charge in [-0.15, -0.1) is 0 Å². The molecule has 3 nitrogen and oxygen atoms in total. The summed E-state index contributed by atoms with van der Waals surface area (Å²) in [7, 11) is 1.43. The standard InChI is InChI=1S/C24H28F4O3/c1-30-20-4-2-15(9-19(20)13-31-14-24(27,28)22(25)26)3-5-21(29)23-10-16-6-17(11-23)8-18(7-16)12-23/h2-5,9,16-18,22H,6-8,10-14H2,1H3/b5-3+. The van der Waals surface area contributed by atoms with Crippen molar-refractivity contribution in [3.8, 4) is 5.75 Å². The maximum atomic E-state index is 13.1. The Morgan fingerprint density at radius 3 is 2.32 bits per heavy atom. The third-order valence-electron chi connectivity index (χ3n) is 7.16. The number of allylic oxidation sites excluding steroid dienone is 1. The molecule has 4 bridgehead atoms. The molecule has 0 saturated heterocycles. The summed E-state index contributed by atoms with van der Waals surface area (Å²) in [5, 5.41) is 0. The maximum Gasteiger partial charge on any atom is 0.330 e. The number of carbonyl (C=O) groups excluding carboxylic acids is 1. The molecule has 0 atom stereocenters. The summed E-state index contributed by atoms with van der Waals surface area (Å²) < 4.78 is 60.8. The van der Waals surface area contributed by atoms with Crippen LogP contribution >= 0.6 is 0 Å². The van der Waals surface area contributed by atoms with E-state index in [2.05, 4.69) is 0 Å². The van der Waals surface area contributed by atoms with Crippen LogP contribution in [-0.2, 0) is 16.1 Å². The molecule has 5 rings (SSSR count). The summed E-state index contributed by atoms with van der Waals surface area (Å²) >= 11 is 0. The Labute approximate surface area is 179 Å². The van der Waals surface area contributed by atoms with Crippen LogP contribution < -0.4 is 4.74 Å². The molecule has 0 N–H and O–H groups in total. The highest BCUT2D eigenvalue weighted by Gasteiger charge is 2.53. The van der Waals surface area contributed by atoms with Crippen molar-refractivity contribution in [3.05, 3.63) is 35.4 Å². The van der Waals surface area contributed by atoms with Crippen LogP contribution in [-0.4, -0.2) is 31.8 Å². The lowest BCUT2D eigenvalue weighted by molar-refractivity contribution is -0.168. The van der Waals surface area contributed by atoms with Crippen LogP contribution in [0, 0.1) is 23.2 Å². The Morgan fingerprint density at radius 2 is 1.77 bits per heavy atom. The number of ether oxygens (including phenoxy) is 2. The van der Waals surface area contributed by atoms with E-state index in [-0.39, 0.29) is 17.8 Å². The van der Waals surface area contributed by atoms with Gasteiger partial charge in [-0.2, -0.15) is 8.78 Å². The lowest BCUT2D eigenvalue weighted by Crippen LogP contribution is -2.49. The lowest BCUT2D eigenvalue weighted by atomic mass is 9.48. The van der Waals surface area contributed by atoms with Gasteiger partial charge in [0, 0.05) is 11.0 Å². The second-order valence-electron chi connectivity index (χ2n) is 9.52. The predicted octanol–water partition coefficient (Wildman–Crippen LogP) is 5.91. The average Bonchev–Trinajstić information content (AvgIpc) is 2.71. The normalized spacial score (nSPS) is 29.8. The Hall–Kier alpha value is -1.89. The molecule has 4 aliphatic carbocycles. The molecule has 0 aliphatic heterocycles. The average molecular weight is 440 g/mol. The molecule has 4 saturated carbocycles. The summed E-state index contributed by atoms with van der Waals surface area (Å²) in [5.41, 5.74) is 0.944. The molecule has 1 aromatic rings. The minimum absolute atomic E-state index is 0.178. The Balaban J connectivity index is 1.43. The summed E-state index contributed by atoms with van der Waals surface area (Å²) in [4.78, 5) is 13.1. The van der Waals surface area contributed by atoms with Crippen molar-refractivity contribution in [2.24, 2.45) is 23.2 Å². The van der Waals surface area contributed by atoms with Crippen LogP contribution in [0.15, 0.2) is 24.3 Å². The van der Waals surface area contributed by atoms with Gasteiger partial charge in [0.1, 0.15) is 12.4 Å². The van der Waals surface area contributed by atoms with Crippen LogP contribution in [0.1, 0.15) is 49.7 Å². The first-order valence-electron chi connectivity index (χ1n) is 10.8. The third-order valence-corrected chi connectivity index (χ3v) is 7.16. The number of carbonyl (C=O) groups is 1. The molecule has 31 heavy (non-hydrogen) atoms. The molecule has 0 aromatic heterocycles. The zero-order chi connectivity index (χ0) is 22.2. The number of hydrogen-bond acceptors (Lipinski definition) is 3. The van der Waals surface area contributed by atoms with Gasteiger partial charge in [0.15, 0.2) is 5.78 Å². The topological polar surface area (TPSA) is 35.5 Å². The highest BCUT2D eigenvalue weighted by Crippen LogP contribution is 2.60. The number of hydrogen-bond donors (Lipinski definition) is 0. The number of alkyl halides is 4. The molecule has 4 fully saturated rings. The van der Waals surface area contributed by atoms with E-state index < -0.39 is 19.0 Å². The van der Waals surface area contributed by atoms with Crippen molar-refractivity contribution in [1.82, 2.24) is 0 Å². The largest absolute Gasteiger partial charge is 0.496 e. The van der Waals surface area contributed by atoms with Gasteiger partial charge < -0.3 is 9.47 Å². The van der Waals surface area contributed by atoms with E-state index in [1.807, 2.05) is 0 Å². The quantitative estimate of drug-likeness (QED) is 0.354. The molecule has 0 amide bonds. The number of ketones is 1. The van der Waals surface area contributed by atoms with E-state index >= 15 is 0 Å². The first-order valence-corrected chi connectivity index (χ1v) is 10.8. The minimum Gasteiger partial charge on any atom is -0.496 e. The Bertz CT molecular complexity index is 814. The van der Waals surface area contributed by atoms with Crippen molar-refractivity contribution in [3.63, 3.8) is 0 Å². The van der Waals surface area contributed by atoms with Crippen LogP contribution in [0.5, 0.6) is 5.75 Å². The lowest BCUT2D eigenvalue weighted by Gasteiger charge is -2.55. The van der Waals surface area contributed by atoms with Crippen LogP contribution in [0.2, 0.25) is 0 Å². The van der Waals surface area contributed by atoms with E-state index in [1.165, 1.54) is 26.4 Å². The van der Waals surface area contributed by atoms with E-state index in [9.17, 15) is 22.4 Å². The van der Waals surface area contributed by atoms with E-state index in [0.717, 1.165) is 19.3 Å². The van der Waals surface area contributed by atoms with Gasteiger partial charge >= 0.3 is 12.3 Å². The Kier molecular flexibility index (Phi) is 6.16. The number of rotatable bonds is 9. The molecular formula is C24H28F4O3. The molecular weight excluding hydrogens is 412 g/mol. The zero-order valence-electron chi connectivity index (χ0n) is 17.6. The molecule has 1 aromatic carbocycles. The second kappa shape index (κ2) is 8.57. The van der Waals surface area contributed by atoms with Crippen molar-refractivity contribution < 1.29 is 31.8 Å². The van der Waals surface area contributed by atoms with Crippen molar-refractivity contribution in [2.75, 3.05) is 13.7 Å². The highest BCUT2D eigenvalue weighted by atomic mass is 19.3. The van der Waals surface area contributed by atoms with Gasteiger partial charge in [-0.05, 0) is 80.1 Å². The molecule has 7 heteroatoms. The number of methoxy groups -OCH3 is 1. The summed E-state index contributed by atoms with van der Waals surface area (Å²) in [6, 6.07) is 5.08. The van der Waals surface area contributed by atoms with Gasteiger partial charge in [0.2, 0.25) is 0 Å². The molecule has 170 valence electrons. The predicted molar refractivity (Wildman–Crippen MR) is 108 cm³/mol. The summed E-state index contributed by atoms with van der Waals surface area (Å²) in [5.74, 6) is -1.57. The van der Waals surface area contributed by atoms with Gasteiger partial charge in [-0.1, -0.05) is 12.1 Å². The fourth-order valence-electron chi connectivity index (χ4n) is 6.14. The maximum absolute atomic E-state index is 13.1. The van der Waals surface area contributed by atoms with Gasteiger partial charge in [-0.3, -0.25) is 4.79 Å². The Morgan fingerprint density at radius 1 is 1.16 bits per heavy atom. The van der Waals surface area contributed by atoms with Gasteiger partial charge in [0.05, 0.1) is 13.7 Å². The summed E-state index contributed by atoms with van der Waals surface area (Å²) in [6.07, 6.45) is 6.36. The molecule has 0 unspecified atom stereocenters. The van der Waals surface area contributed by atoms with E-state index in [1.54, 1.807) is 30.4 Å².